The molecule has 7 heteroatoms. The summed E-state index contributed by atoms with van der Waals surface area (Å²) >= 11 is 0.751. The van der Waals surface area contributed by atoms with E-state index in [0.29, 0.717) is 3.03 Å². The van der Waals surface area contributed by atoms with Crippen molar-refractivity contribution in [2.24, 2.45) is 0 Å². The average molecular weight is 332 g/mol. The van der Waals surface area contributed by atoms with Gasteiger partial charge >= 0.3 is 107 Å². The summed E-state index contributed by atoms with van der Waals surface area (Å²) in [5.74, 6) is -0.576. The Morgan fingerprint density at radius 2 is 1.38 bits per heavy atom. The van der Waals surface area contributed by atoms with E-state index in [9.17, 15) is 13.2 Å². The van der Waals surface area contributed by atoms with Gasteiger partial charge in [0.05, 0.1) is 12.4 Å². The van der Waals surface area contributed by atoms with Crippen molar-refractivity contribution in [3.05, 3.63) is 0 Å². The Morgan fingerprint density at radius 3 is 1.67 bits per heavy atom. The fourth-order valence-electron chi connectivity index (χ4n) is 1.80. The summed E-state index contributed by atoms with van der Waals surface area (Å²) in [7, 11) is -3.92. The van der Waals surface area contributed by atoms with Crippen LogP contribution in [0.3, 0.4) is 0 Å². The molecular weight excluding hydrogens is 303 g/mol. The minimum Gasteiger partial charge on any atom is -0.395 e. The van der Waals surface area contributed by atoms with Crippen LogP contribution >= 0.6 is 0 Å². The number of carbonyl (C=O) groups is 1. The van der Waals surface area contributed by atoms with Gasteiger partial charge in [-0.25, -0.2) is 0 Å². The Labute approximate surface area is 147 Å². The number of hydrogen-bond acceptors (Lipinski definition) is 4. The number of aliphatic hydroxyl groups excluding tert-OH is 1. The first-order valence-electron chi connectivity index (χ1n) is 7.89. The van der Waals surface area contributed by atoms with Crippen LogP contribution in [0.1, 0.15) is 71.1 Å². The Kier molecular flexibility index (Phi) is 19.2. The van der Waals surface area contributed by atoms with Gasteiger partial charge in [-0.1, -0.05) is 0 Å². The maximum atomic E-state index is 10.7. The van der Waals surface area contributed by atoms with E-state index in [1.54, 1.807) is 0 Å². The van der Waals surface area contributed by atoms with E-state index in [-0.39, 0.29) is 0 Å². The van der Waals surface area contributed by atoms with Crippen LogP contribution in [0.25, 0.3) is 0 Å². The molecule has 0 bridgehead atoms. The number of carbonyl (C=O) groups excluding carboxylic acids is 1. The topological polar surface area (TPSA) is 91.7 Å². The third-order valence-electron chi connectivity index (χ3n) is 2.98. The second kappa shape index (κ2) is 16.9. The summed E-state index contributed by atoms with van der Waals surface area (Å²) in [6.45, 7) is 1.73. The minimum atomic E-state index is -3.92. The quantitative estimate of drug-likeness (QED) is 0.325. The second-order valence-corrected chi connectivity index (χ2v) is 7.98. The zero-order valence-corrected chi connectivity index (χ0v) is 16.3. The fraction of sp³-hybridized carbons (Fsp3) is 0.929. The molecule has 2 N–H and O–H groups in total. The SMILES string of the molecule is CCCCCCCCCCC[C](=O)[Na].O=S(=O)(O)CCO. The van der Waals surface area contributed by atoms with E-state index < -0.39 is 22.5 Å². The van der Waals surface area contributed by atoms with Gasteiger partial charge in [0.2, 0.25) is 0 Å². The van der Waals surface area contributed by atoms with E-state index in [0.717, 1.165) is 40.8 Å². The first-order chi connectivity index (χ1) is 9.83. The first-order valence-corrected chi connectivity index (χ1v) is 10.5. The Balaban J connectivity index is 0. The molecule has 5 nitrogen and oxygen atoms in total. The molecule has 0 atom stereocenters. The number of unbranched alkanes of at least 4 members (excludes halogenated alkanes) is 8. The van der Waals surface area contributed by atoms with Crippen molar-refractivity contribution < 1.29 is 22.9 Å². The smallest absolute Gasteiger partial charge is 0.267 e. The molecule has 0 spiro atoms. The zero-order chi connectivity index (χ0) is 16.6. The van der Waals surface area contributed by atoms with Gasteiger partial charge in [-0.3, -0.25) is 4.55 Å². The second-order valence-electron chi connectivity index (χ2n) is 5.29. The Morgan fingerprint density at radius 1 is 0.952 bits per heavy atom. The van der Waals surface area contributed by atoms with Crippen molar-refractivity contribution in [2.45, 2.75) is 71.1 Å². The van der Waals surface area contributed by atoms with E-state index in [1.165, 1.54) is 51.4 Å². The maximum Gasteiger partial charge on any atom is 0.267 e. The van der Waals surface area contributed by atoms with E-state index >= 15 is 0 Å². The summed E-state index contributed by atoms with van der Waals surface area (Å²) in [4.78, 5) is 10.7. The third-order valence-corrected chi connectivity index (χ3v) is 4.18. The molecule has 0 aliphatic carbocycles. The van der Waals surface area contributed by atoms with Crippen LogP contribution in [0.5, 0.6) is 0 Å². The van der Waals surface area contributed by atoms with Gasteiger partial charge in [0, 0.05) is 0 Å². The van der Waals surface area contributed by atoms with Crippen LogP contribution < -0.4 is 0 Å². The molecule has 0 aliphatic rings. The van der Waals surface area contributed by atoms with Crippen LogP contribution in [-0.2, 0) is 14.9 Å². The molecule has 0 heterocycles. The molecule has 0 saturated carbocycles. The van der Waals surface area contributed by atoms with Crippen LogP contribution in [-0.4, -0.2) is 61.4 Å². The monoisotopic (exact) mass is 332 g/mol. The summed E-state index contributed by atoms with van der Waals surface area (Å²) in [5.41, 5.74) is 0. The molecule has 0 radical (unpaired) electrons. The van der Waals surface area contributed by atoms with Gasteiger partial charge in [-0.15, -0.1) is 0 Å². The van der Waals surface area contributed by atoms with Crippen molar-refractivity contribution in [1.82, 2.24) is 0 Å². The van der Waals surface area contributed by atoms with E-state index in [1.807, 2.05) is 0 Å². The predicted molar refractivity (Wildman–Crippen MR) is 86.1 cm³/mol. The fourth-order valence-corrected chi connectivity index (χ4v) is 2.38. The molecule has 21 heavy (non-hydrogen) atoms. The Bertz CT molecular complexity index is 330. The predicted octanol–water partition coefficient (Wildman–Crippen LogP) is 2.47. The maximum absolute atomic E-state index is 10.7. The molecule has 0 fully saturated rings. The van der Waals surface area contributed by atoms with Crippen molar-refractivity contribution in [2.75, 3.05) is 12.4 Å². The summed E-state index contributed by atoms with van der Waals surface area (Å²) in [6.07, 6.45) is 12.9. The average Bonchev–Trinajstić information content (AvgIpc) is 2.36. The van der Waals surface area contributed by atoms with Crippen LogP contribution in [0.4, 0.5) is 0 Å². The molecule has 122 valence electrons. The van der Waals surface area contributed by atoms with Gasteiger partial charge in [0.25, 0.3) is 10.1 Å². The molecule has 0 aromatic heterocycles. The van der Waals surface area contributed by atoms with Crippen molar-refractivity contribution in [1.29, 1.82) is 0 Å². The molecule has 0 aromatic carbocycles. The summed E-state index contributed by atoms with van der Waals surface area (Å²) in [5, 5.41) is 7.86. The Hall–Kier alpha value is 0.540. The molecule has 0 saturated heterocycles. The van der Waals surface area contributed by atoms with Crippen LogP contribution in [0.2, 0.25) is 0 Å². The molecule has 0 aromatic rings. The van der Waals surface area contributed by atoms with Crippen molar-refractivity contribution in [3.63, 3.8) is 0 Å². The van der Waals surface area contributed by atoms with Gasteiger partial charge < -0.3 is 5.11 Å². The molecular formula is C14H29NaO5S. The zero-order valence-electron chi connectivity index (χ0n) is 13.5. The number of rotatable bonds is 12. The van der Waals surface area contributed by atoms with E-state index in [2.05, 4.69) is 6.92 Å². The summed E-state index contributed by atoms with van der Waals surface area (Å²) < 4.78 is 27.6. The molecule has 0 rings (SSSR count). The summed E-state index contributed by atoms with van der Waals surface area (Å²) in [6, 6.07) is 0. The van der Waals surface area contributed by atoms with Gasteiger partial charge in [0.1, 0.15) is 0 Å². The minimum absolute atomic E-state index is 0.480. The van der Waals surface area contributed by atoms with Crippen molar-refractivity contribution in [3.8, 4) is 0 Å². The van der Waals surface area contributed by atoms with Crippen LogP contribution in [0, 0.1) is 0 Å². The van der Waals surface area contributed by atoms with Gasteiger partial charge in [-0.2, -0.15) is 8.42 Å². The number of hydrogen-bond donors (Lipinski definition) is 2. The van der Waals surface area contributed by atoms with Gasteiger partial charge in [-0.05, 0) is 0 Å². The molecule has 0 aliphatic heterocycles. The normalized spacial score (nSPS) is 10.9. The molecule has 0 unspecified atom stereocenters. The largest absolute Gasteiger partial charge is 0.395 e. The van der Waals surface area contributed by atoms with Crippen LogP contribution in [0.15, 0.2) is 0 Å². The van der Waals surface area contributed by atoms with Gasteiger partial charge in [0.15, 0.2) is 0 Å². The third kappa shape index (κ3) is 29.2. The van der Waals surface area contributed by atoms with E-state index in [4.69, 9.17) is 9.66 Å². The number of aliphatic hydroxyl groups is 1. The van der Waals surface area contributed by atoms with Crippen molar-refractivity contribution >= 4 is 41.1 Å². The standard InChI is InChI=1S/C12H23O.C2H6O4S.Na/c1-2-3-4-5-6-7-8-9-10-11-12-13;3-1-2-7(4,5)6;/h2-11H2,1H3;3H,1-2H2,(H,4,5,6);. The molecule has 0 amide bonds. The first kappa shape index (κ1) is 23.8.